The highest BCUT2D eigenvalue weighted by Crippen LogP contribution is 2.76. The Balaban J connectivity index is 1.38. The van der Waals surface area contributed by atoms with Crippen LogP contribution < -0.4 is 0 Å². The Morgan fingerprint density at radius 3 is 2.13 bits per heavy atom. The number of allylic oxidation sites excluding steroid dienone is 2. The highest BCUT2D eigenvalue weighted by Gasteiger charge is 2.73. The fraction of sp³-hybridized carbons (Fsp3) is 0.952. The number of rotatable bonds is 9. The Morgan fingerprint density at radius 1 is 0.818 bits per heavy atom. The van der Waals surface area contributed by atoms with E-state index in [0.717, 1.165) is 19.3 Å². The molecular weight excluding hydrogens is 712 g/mol. The van der Waals surface area contributed by atoms with Crippen LogP contribution in [-0.4, -0.2) is 138 Å². The van der Waals surface area contributed by atoms with Gasteiger partial charge in [-0.1, -0.05) is 46.3 Å². The lowest BCUT2D eigenvalue weighted by Crippen LogP contribution is -2.71. The van der Waals surface area contributed by atoms with Gasteiger partial charge in [0.2, 0.25) is 0 Å². The molecule has 6 aliphatic rings. The Kier molecular flexibility index (Phi) is 12.2. The van der Waals surface area contributed by atoms with E-state index in [-0.39, 0.29) is 23.7 Å². The van der Waals surface area contributed by atoms with Gasteiger partial charge in [0, 0.05) is 0 Å². The van der Waals surface area contributed by atoms with Gasteiger partial charge in [0.15, 0.2) is 12.6 Å². The second-order valence-electron chi connectivity index (χ2n) is 20.3. The molecule has 0 unspecified atom stereocenters. The van der Waals surface area contributed by atoms with E-state index < -0.39 is 114 Å². The smallest absolute Gasteiger partial charge is 0.187 e. The van der Waals surface area contributed by atoms with Crippen molar-refractivity contribution in [1.29, 1.82) is 0 Å². The minimum atomic E-state index is -1.70. The highest BCUT2D eigenvalue weighted by molar-refractivity contribution is 5.22. The molecular formula is C42H72O13. The monoisotopic (exact) mass is 784 g/mol. The summed E-state index contributed by atoms with van der Waals surface area (Å²) < 4.78 is 25.1. The summed E-state index contributed by atoms with van der Waals surface area (Å²) in [5.74, 6) is -0.526. The maximum absolute atomic E-state index is 12.3. The van der Waals surface area contributed by atoms with Gasteiger partial charge in [-0.2, -0.15) is 0 Å². The van der Waals surface area contributed by atoms with Crippen molar-refractivity contribution in [2.24, 2.45) is 45.3 Å². The molecule has 21 atom stereocenters. The van der Waals surface area contributed by atoms with E-state index in [9.17, 15) is 46.0 Å². The van der Waals surface area contributed by atoms with Crippen LogP contribution in [0.5, 0.6) is 0 Å². The van der Waals surface area contributed by atoms with Crippen molar-refractivity contribution >= 4 is 0 Å². The normalized spacial score (nSPS) is 53.4. The van der Waals surface area contributed by atoms with Crippen molar-refractivity contribution < 1.29 is 64.9 Å². The minimum absolute atomic E-state index is 0.0411. The molecule has 2 heterocycles. The van der Waals surface area contributed by atoms with Crippen LogP contribution in [0.25, 0.3) is 0 Å². The predicted molar refractivity (Wildman–Crippen MR) is 201 cm³/mol. The molecule has 0 spiro atoms. The summed E-state index contributed by atoms with van der Waals surface area (Å²) in [4.78, 5) is 0. The zero-order valence-corrected chi connectivity index (χ0v) is 34.4. The van der Waals surface area contributed by atoms with Crippen LogP contribution in [0.4, 0.5) is 0 Å². The summed E-state index contributed by atoms with van der Waals surface area (Å²) in [5.41, 5.74) is -1.71. The molecule has 2 aliphatic heterocycles. The zero-order chi connectivity index (χ0) is 40.8. The van der Waals surface area contributed by atoms with Gasteiger partial charge in [-0.05, 0) is 124 Å². The van der Waals surface area contributed by atoms with Gasteiger partial charge < -0.3 is 64.9 Å². The average Bonchev–Trinajstić information content (AvgIpc) is 3.49. The minimum Gasteiger partial charge on any atom is -0.394 e. The third-order valence-corrected chi connectivity index (χ3v) is 16.5. The largest absolute Gasteiger partial charge is 0.394 e. The third-order valence-electron chi connectivity index (χ3n) is 16.5. The Labute approximate surface area is 327 Å². The van der Waals surface area contributed by atoms with Crippen molar-refractivity contribution in [3.05, 3.63) is 11.6 Å². The van der Waals surface area contributed by atoms with Crippen molar-refractivity contribution in [2.75, 3.05) is 6.61 Å². The van der Waals surface area contributed by atoms with E-state index in [1.807, 2.05) is 20.8 Å². The fourth-order valence-electron chi connectivity index (χ4n) is 13.3. The molecule has 9 N–H and O–H groups in total. The second kappa shape index (κ2) is 15.4. The fourth-order valence-corrected chi connectivity index (χ4v) is 13.3. The number of hydrogen-bond donors (Lipinski definition) is 9. The first kappa shape index (κ1) is 43.8. The van der Waals surface area contributed by atoms with Crippen LogP contribution in [0.15, 0.2) is 11.6 Å². The molecule has 13 nitrogen and oxygen atoms in total. The molecule has 0 amide bonds. The molecule has 0 radical (unpaired) electrons. The molecule has 0 bridgehead atoms. The molecule has 2 saturated heterocycles. The molecule has 6 rings (SSSR count). The molecule has 0 aromatic rings. The molecule has 4 saturated carbocycles. The van der Waals surface area contributed by atoms with E-state index >= 15 is 0 Å². The van der Waals surface area contributed by atoms with E-state index in [1.165, 1.54) is 12.5 Å². The van der Waals surface area contributed by atoms with Gasteiger partial charge in [-0.25, -0.2) is 0 Å². The summed E-state index contributed by atoms with van der Waals surface area (Å²) in [6.45, 7) is 17.8. The first-order valence-electron chi connectivity index (χ1n) is 20.8. The molecule has 4 aliphatic carbocycles. The van der Waals surface area contributed by atoms with E-state index in [4.69, 9.17) is 18.9 Å². The molecule has 0 aromatic heterocycles. The van der Waals surface area contributed by atoms with Crippen LogP contribution >= 0.6 is 0 Å². The van der Waals surface area contributed by atoms with Crippen molar-refractivity contribution in [1.82, 2.24) is 0 Å². The van der Waals surface area contributed by atoms with E-state index in [1.54, 1.807) is 0 Å². The van der Waals surface area contributed by atoms with E-state index in [0.29, 0.717) is 32.1 Å². The van der Waals surface area contributed by atoms with E-state index in [2.05, 4.69) is 40.7 Å². The lowest BCUT2D eigenvalue weighted by Gasteiger charge is -2.72. The van der Waals surface area contributed by atoms with Crippen LogP contribution in [0.3, 0.4) is 0 Å². The van der Waals surface area contributed by atoms with Gasteiger partial charge in [0.05, 0.1) is 36.6 Å². The lowest BCUT2D eigenvalue weighted by molar-refractivity contribution is -0.382. The maximum atomic E-state index is 12.3. The number of aliphatic hydroxyl groups is 9. The van der Waals surface area contributed by atoms with Crippen molar-refractivity contribution in [2.45, 2.75) is 199 Å². The van der Waals surface area contributed by atoms with Gasteiger partial charge in [0.1, 0.15) is 42.7 Å². The van der Waals surface area contributed by atoms with Crippen LogP contribution in [0, 0.1) is 45.3 Å². The third kappa shape index (κ3) is 7.10. The zero-order valence-electron chi connectivity index (χ0n) is 34.4. The number of hydrogen-bond acceptors (Lipinski definition) is 13. The highest BCUT2D eigenvalue weighted by atomic mass is 16.8. The summed E-state index contributed by atoms with van der Waals surface area (Å²) in [6.07, 6.45) is -8.99. The maximum Gasteiger partial charge on any atom is 0.187 e. The van der Waals surface area contributed by atoms with Crippen molar-refractivity contribution in [3.63, 3.8) is 0 Å². The quantitative estimate of drug-likeness (QED) is 0.121. The predicted octanol–water partition coefficient (Wildman–Crippen LogP) is 2.15. The summed E-state index contributed by atoms with van der Waals surface area (Å²) >= 11 is 0. The van der Waals surface area contributed by atoms with Gasteiger partial charge in [-0.3, -0.25) is 0 Å². The van der Waals surface area contributed by atoms with Crippen LogP contribution in [0.2, 0.25) is 0 Å². The van der Waals surface area contributed by atoms with Gasteiger partial charge >= 0.3 is 0 Å². The lowest BCUT2D eigenvalue weighted by atomic mass is 9.34. The number of ether oxygens (including phenoxy) is 4. The molecule has 6 fully saturated rings. The van der Waals surface area contributed by atoms with Crippen LogP contribution in [-0.2, 0) is 18.9 Å². The topological polar surface area (TPSA) is 219 Å². The van der Waals surface area contributed by atoms with Gasteiger partial charge in [-0.15, -0.1) is 0 Å². The Bertz CT molecular complexity index is 1390. The molecule has 0 aromatic carbocycles. The van der Waals surface area contributed by atoms with Crippen molar-refractivity contribution in [3.8, 4) is 0 Å². The summed E-state index contributed by atoms with van der Waals surface area (Å²) in [7, 11) is 0. The first-order valence-corrected chi connectivity index (χ1v) is 20.8. The second-order valence-corrected chi connectivity index (χ2v) is 20.3. The number of aliphatic hydroxyl groups excluding tert-OH is 8. The SMILES string of the molecule is CC(C)=CCC[C@](C)(O)[C@H]1CC[C@]2(C)[C@@H]1[C@H](O)C[C@@H]1[C@@]3(C)CC[C@H](O)C(C)(C)[C@@H]3[C@@H](O[C@@H]3O[C@H](CO)[C@@H](O)[C@H](O)[C@H]3O[C@@H]3O[C@@H](C)[C@H](O)[C@@H](O)[C@H]3O)C[C@]12C. The van der Waals surface area contributed by atoms with Crippen LogP contribution in [0.1, 0.15) is 114 Å². The Morgan fingerprint density at radius 2 is 1.49 bits per heavy atom. The number of fused-ring (bicyclic) bond motifs is 5. The summed E-state index contributed by atoms with van der Waals surface area (Å²) in [6, 6.07) is 0. The Hall–Kier alpha value is -0.780. The first-order chi connectivity index (χ1) is 25.5. The molecule has 55 heavy (non-hydrogen) atoms. The average molecular weight is 785 g/mol. The standard InChI is InChI=1S/C42H72O13/c1-20(2)11-10-14-42(9,51)22-12-16-40(7)28(22)23(44)17-26-39(6)15-13-27(45)38(4,5)35(39)24(18-41(26,40)8)53-37-34(32(49)30(47)25(19-43)54-37)55-36-33(50)31(48)29(46)21(3)52-36/h11,21-37,43-51H,10,12-19H2,1-9H3/t21-,22-,23+,24-,25+,26+,27-,28-,29-,30+,31+,32-,33+,34+,35-,36-,37+,39+,40+,41+,42-/m0/s1. The van der Waals surface area contributed by atoms with Gasteiger partial charge in [0.25, 0.3) is 0 Å². The summed E-state index contributed by atoms with van der Waals surface area (Å²) in [5, 5.41) is 100. The molecule has 13 heteroatoms. The molecule has 318 valence electrons.